The molecule has 0 saturated carbocycles. The Hall–Kier alpha value is -3.40. The maximum atomic E-state index is 12.9. The third-order valence-electron chi connectivity index (χ3n) is 6.55. The lowest BCUT2D eigenvalue weighted by Crippen LogP contribution is -2.52. The fourth-order valence-electron chi connectivity index (χ4n) is 4.64. The number of carbonyl (C=O) groups excluding carboxylic acids is 3. The largest absolute Gasteiger partial charge is 0.480 e. The van der Waals surface area contributed by atoms with Crippen molar-refractivity contribution in [3.8, 4) is 0 Å². The molecule has 0 spiro atoms. The highest BCUT2D eigenvalue weighted by molar-refractivity contribution is 5.88. The van der Waals surface area contributed by atoms with Crippen LogP contribution in [0.1, 0.15) is 57.6 Å². The van der Waals surface area contributed by atoms with Crippen molar-refractivity contribution < 1.29 is 33.8 Å². The maximum Gasteiger partial charge on any atom is 0.410 e. The van der Waals surface area contributed by atoms with E-state index in [4.69, 9.17) is 15.2 Å². The third kappa shape index (κ3) is 7.31. The molecule has 37 heavy (non-hydrogen) atoms. The van der Waals surface area contributed by atoms with Crippen LogP contribution in [0.4, 0.5) is 4.79 Å². The lowest BCUT2D eigenvalue weighted by atomic mass is 10.0. The van der Waals surface area contributed by atoms with E-state index in [0.717, 1.165) is 4.90 Å². The van der Waals surface area contributed by atoms with Crippen LogP contribution in [0.25, 0.3) is 0 Å². The van der Waals surface area contributed by atoms with E-state index in [-0.39, 0.29) is 25.0 Å². The van der Waals surface area contributed by atoms with Crippen molar-refractivity contribution >= 4 is 23.9 Å². The van der Waals surface area contributed by atoms with Crippen LogP contribution >= 0.6 is 0 Å². The predicted octanol–water partition coefficient (Wildman–Crippen LogP) is 2.63. The highest BCUT2D eigenvalue weighted by Gasteiger charge is 2.43. The number of hydrogen-bond donors (Lipinski definition) is 2. The topological polar surface area (TPSA) is 139 Å². The number of esters is 1. The summed E-state index contributed by atoms with van der Waals surface area (Å²) in [5.74, 6) is -1.87. The molecule has 1 aromatic rings. The molecule has 0 bridgehead atoms. The molecule has 1 saturated heterocycles. The van der Waals surface area contributed by atoms with E-state index in [2.05, 4.69) is 0 Å². The van der Waals surface area contributed by atoms with Crippen LogP contribution in [0.15, 0.2) is 36.4 Å². The predicted molar refractivity (Wildman–Crippen MR) is 135 cm³/mol. The first-order valence-corrected chi connectivity index (χ1v) is 12.5. The molecular formula is C27H37N3O7. The summed E-state index contributed by atoms with van der Waals surface area (Å²) in [6.45, 7) is 5.10. The third-order valence-corrected chi connectivity index (χ3v) is 6.55. The van der Waals surface area contributed by atoms with Crippen LogP contribution in [0, 0.1) is 0 Å². The molecule has 2 aliphatic rings. The Bertz CT molecular complexity index is 1050. The van der Waals surface area contributed by atoms with Gasteiger partial charge in [-0.15, -0.1) is 0 Å². The van der Waals surface area contributed by atoms with Gasteiger partial charge in [0.25, 0.3) is 0 Å². The van der Waals surface area contributed by atoms with Crippen LogP contribution < -0.4 is 5.73 Å². The normalized spacial score (nSPS) is 23.3. The van der Waals surface area contributed by atoms with Crippen molar-refractivity contribution in [2.24, 2.45) is 5.73 Å². The molecule has 10 heteroatoms. The van der Waals surface area contributed by atoms with Crippen LogP contribution in [0.2, 0.25) is 0 Å². The van der Waals surface area contributed by atoms with Gasteiger partial charge in [0.15, 0.2) is 0 Å². The number of ether oxygens (including phenoxy) is 2. The van der Waals surface area contributed by atoms with Crippen LogP contribution in [-0.4, -0.2) is 75.7 Å². The van der Waals surface area contributed by atoms with E-state index >= 15 is 0 Å². The molecule has 202 valence electrons. The van der Waals surface area contributed by atoms with Gasteiger partial charge in [0.05, 0.1) is 6.04 Å². The van der Waals surface area contributed by atoms with E-state index < -0.39 is 41.8 Å². The van der Waals surface area contributed by atoms with Gasteiger partial charge < -0.3 is 25.2 Å². The molecule has 0 aromatic heterocycles. The van der Waals surface area contributed by atoms with Crippen molar-refractivity contribution in [3.63, 3.8) is 0 Å². The lowest BCUT2D eigenvalue weighted by Gasteiger charge is -2.32. The van der Waals surface area contributed by atoms with Gasteiger partial charge in [-0.1, -0.05) is 36.4 Å². The first kappa shape index (κ1) is 28.2. The van der Waals surface area contributed by atoms with Gasteiger partial charge in [-0.3, -0.25) is 9.69 Å². The SMILES string of the molecule is CN(C(=O)OC(C)(C)C)[C@@H](Cc1cccc(COC(=O)[C@@H]2CC[C@@H]3C/C=C\C[C@H](N)C(=O)N32)c1)C(=O)O. The second-order valence-corrected chi connectivity index (χ2v) is 10.6. The smallest absolute Gasteiger partial charge is 0.410 e. The number of carboxylic acid groups (broad SMARTS) is 1. The Labute approximate surface area is 217 Å². The molecule has 10 nitrogen and oxygen atoms in total. The number of aliphatic carboxylic acids is 1. The number of nitrogens with zero attached hydrogens (tertiary/aromatic N) is 2. The fraction of sp³-hybridized carbons (Fsp3) is 0.556. The molecule has 2 aliphatic heterocycles. The van der Waals surface area contributed by atoms with Gasteiger partial charge >= 0.3 is 18.0 Å². The van der Waals surface area contributed by atoms with Crippen LogP contribution in [0.5, 0.6) is 0 Å². The molecule has 1 fully saturated rings. The summed E-state index contributed by atoms with van der Waals surface area (Å²) in [4.78, 5) is 52.7. The first-order chi connectivity index (χ1) is 17.4. The lowest BCUT2D eigenvalue weighted by molar-refractivity contribution is -0.156. The van der Waals surface area contributed by atoms with Crippen molar-refractivity contribution in [2.45, 2.75) is 89.3 Å². The highest BCUT2D eigenvalue weighted by atomic mass is 16.6. The summed E-state index contributed by atoms with van der Waals surface area (Å²) in [5, 5.41) is 9.73. The Morgan fingerprint density at radius 2 is 1.84 bits per heavy atom. The number of fused-ring (bicyclic) bond motifs is 1. The van der Waals surface area contributed by atoms with E-state index in [1.165, 1.54) is 7.05 Å². The van der Waals surface area contributed by atoms with Gasteiger partial charge in [0, 0.05) is 19.5 Å². The zero-order chi connectivity index (χ0) is 27.3. The molecule has 0 aliphatic carbocycles. The van der Waals surface area contributed by atoms with Gasteiger partial charge in [0.1, 0.15) is 24.3 Å². The number of nitrogens with two attached hydrogens (primary N) is 1. The molecule has 4 atom stereocenters. The van der Waals surface area contributed by atoms with E-state index in [9.17, 15) is 24.3 Å². The van der Waals surface area contributed by atoms with E-state index in [1.807, 2.05) is 12.2 Å². The van der Waals surface area contributed by atoms with Gasteiger partial charge in [-0.05, 0) is 57.6 Å². The molecule has 1 aromatic carbocycles. The number of carboxylic acids is 1. The summed E-state index contributed by atoms with van der Waals surface area (Å²) >= 11 is 0. The Morgan fingerprint density at radius 1 is 1.16 bits per heavy atom. The zero-order valence-electron chi connectivity index (χ0n) is 21.9. The fourth-order valence-corrected chi connectivity index (χ4v) is 4.64. The zero-order valence-corrected chi connectivity index (χ0v) is 21.9. The quantitative estimate of drug-likeness (QED) is 0.417. The number of hydrogen-bond acceptors (Lipinski definition) is 7. The van der Waals surface area contributed by atoms with Gasteiger partial charge in [0.2, 0.25) is 5.91 Å². The van der Waals surface area contributed by atoms with Crippen LogP contribution in [0.3, 0.4) is 0 Å². The minimum absolute atomic E-state index is 0.0263. The molecule has 0 unspecified atom stereocenters. The second-order valence-electron chi connectivity index (χ2n) is 10.6. The average Bonchev–Trinajstić information content (AvgIpc) is 3.24. The van der Waals surface area contributed by atoms with Crippen molar-refractivity contribution in [1.82, 2.24) is 9.80 Å². The molecule has 3 N–H and O–H groups in total. The van der Waals surface area contributed by atoms with Crippen LogP contribution in [-0.2, 0) is 36.9 Å². The number of rotatable bonds is 7. The Morgan fingerprint density at radius 3 is 2.51 bits per heavy atom. The summed E-state index contributed by atoms with van der Waals surface area (Å²) in [7, 11) is 1.39. The molecule has 2 heterocycles. The first-order valence-electron chi connectivity index (χ1n) is 12.5. The summed E-state index contributed by atoms with van der Waals surface area (Å²) in [6, 6.07) is 4.45. The summed E-state index contributed by atoms with van der Waals surface area (Å²) in [6.07, 6.45) is 5.60. The minimum Gasteiger partial charge on any atom is -0.480 e. The molecule has 3 rings (SSSR count). The van der Waals surface area contributed by atoms with Crippen molar-refractivity contribution in [3.05, 3.63) is 47.5 Å². The average molecular weight is 516 g/mol. The van der Waals surface area contributed by atoms with Crippen molar-refractivity contribution in [2.75, 3.05) is 7.05 Å². The number of likely N-dealkylation sites (N-methyl/N-ethyl adjacent to an activating group) is 1. The molecule has 2 amide bonds. The Balaban J connectivity index is 1.64. The van der Waals surface area contributed by atoms with E-state index in [0.29, 0.717) is 36.8 Å². The standard InChI is InChI=1S/C27H37N3O7/c1-27(2,3)37-26(35)29(4)22(24(32)33)15-17-8-7-9-18(14-17)16-36-25(34)21-13-12-19-10-5-6-11-20(28)23(31)30(19)21/h5-9,14,19-22H,10-13,15-16,28H2,1-4H3,(H,32,33)/b6-5-/t19-,20-,21-,22-/m0/s1. The number of amides is 2. The number of carbonyl (C=O) groups is 4. The maximum absolute atomic E-state index is 12.9. The van der Waals surface area contributed by atoms with E-state index in [1.54, 1.807) is 49.9 Å². The van der Waals surface area contributed by atoms with Crippen molar-refractivity contribution in [1.29, 1.82) is 0 Å². The Kier molecular flexibility index (Phi) is 8.96. The van der Waals surface area contributed by atoms with Gasteiger partial charge in [-0.2, -0.15) is 0 Å². The number of benzene rings is 1. The molecular weight excluding hydrogens is 478 g/mol. The monoisotopic (exact) mass is 515 g/mol. The minimum atomic E-state index is -1.16. The summed E-state index contributed by atoms with van der Waals surface area (Å²) < 4.78 is 10.9. The molecule has 0 radical (unpaired) electrons. The highest BCUT2D eigenvalue weighted by Crippen LogP contribution is 2.30. The second kappa shape index (κ2) is 11.8. The summed E-state index contributed by atoms with van der Waals surface area (Å²) in [5.41, 5.74) is 6.59. The van der Waals surface area contributed by atoms with Gasteiger partial charge in [-0.25, -0.2) is 14.4 Å².